The molecule has 0 bridgehead atoms. The van der Waals surface area contributed by atoms with Crippen LogP contribution in [0.25, 0.3) is 0 Å². The number of carboxylic acids is 1. The quantitative estimate of drug-likeness (QED) is 0.705. The number of aromatic nitrogens is 1. The fourth-order valence-electron chi connectivity index (χ4n) is 1.91. The van der Waals surface area contributed by atoms with Gasteiger partial charge in [-0.25, -0.2) is 9.78 Å². The maximum atomic E-state index is 12.0. The van der Waals surface area contributed by atoms with Crippen molar-refractivity contribution in [3.63, 3.8) is 0 Å². The van der Waals surface area contributed by atoms with Gasteiger partial charge in [-0.05, 0) is 19.3 Å². The molecule has 0 saturated carbocycles. The zero-order valence-corrected chi connectivity index (χ0v) is 12.8. The molecule has 1 amide bonds. The second kappa shape index (κ2) is 7.35. The van der Waals surface area contributed by atoms with Crippen molar-refractivity contribution >= 4 is 23.2 Å². The van der Waals surface area contributed by atoms with Crippen LogP contribution in [0, 0.1) is 18.8 Å². The Morgan fingerprint density at radius 3 is 2.55 bits per heavy atom. The zero-order valence-electron chi connectivity index (χ0n) is 12.0. The molecule has 0 fully saturated rings. The van der Waals surface area contributed by atoms with Gasteiger partial charge in [0, 0.05) is 6.54 Å². The summed E-state index contributed by atoms with van der Waals surface area (Å²) in [6.07, 6.45) is 0.736. The molecule has 7 heteroatoms. The van der Waals surface area contributed by atoms with Crippen LogP contribution >= 0.6 is 11.3 Å². The monoisotopic (exact) mass is 299 g/mol. The Morgan fingerprint density at radius 2 is 2.10 bits per heavy atom. The molecule has 112 valence electrons. The van der Waals surface area contributed by atoms with Crippen molar-refractivity contribution in [3.8, 4) is 0 Å². The number of carbonyl (C=O) groups is 2. The lowest BCUT2D eigenvalue weighted by molar-refractivity contribution is -0.125. The molecular weight excluding hydrogens is 278 g/mol. The molecule has 20 heavy (non-hydrogen) atoms. The number of rotatable bonds is 7. The average molecular weight is 299 g/mol. The maximum Gasteiger partial charge on any atom is 0.347 e. The Balaban J connectivity index is 2.60. The minimum Gasteiger partial charge on any atom is -0.477 e. The number of hydrogen-bond acceptors (Lipinski definition) is 5. The summed E-state index contributed by atoms with van der Waals surface area (Å²) in [6, 6.07) is 0. The predicted octanol–water partition coefficient (Wildman–Crippen LogP) is 1.39. The number of nitrogens with one attached hydrogen (secondary N) is 1. The van der Waals surface area contributed by atoms with Gasteiger partial charge in [0.2, 0.25) is 5.91 Å². The molecule has 0 aromatic carbocycles. The summed E-state index contributed by atoms with van der Waals surface area (Å²) >= 11 is 1.09. The summed E-state index contributed by atoms with van der Waals surface area (Å²) < 4.78 is 0. The van der Waals surface area contributed by atoms with E-state index in [0.29, 0.717) is 23.2 Å². The summed E-state index contributed by atoms with van der Waals surface area (Å²) in [7, 11) is 0. The van der Waals surface area contributed by atoms with Gasteiger partial charge >= 0.3 is 5.97 Å². The van der Waals surface area contributed by atoms with Crippen LogP contribution in [-0.2, 0) is 11.3 Å². The van der Waals surface area contributed by atoms with Crippen LogP contribution in [-0.4, -0.2) is 28.5 Å². The molecule has 0 aliphatic heterocycles. The molecule has 0 aliphatic rings. The van der Waals surface area contributed by atoms with Gasteiger partial charge in [0.1, 0.15) is 9.88 Å². The van der Waals surface area contributed by atoms with Crippen molar-refractivity contribution in [2.24, 2.45) is 17.6 Å². The normalized spacial score (nSPS) is 12.4. The third kappa shape index (κ3) is 4.57. The van der Waals surface area contributed by atoms with E-state index >= 15 is 0 Å². The average Bonchev–Trinajstić information content (AvgIpc) is 2.74. The molecule has 0 radical (unpaired) electrons. The smallest absolute Gasteiger partial charge is 0.347 e. The van der Waals surface area contributed by atoms with Gasteiger partial charge in [0.15, 0.2) is 0 Å². The zero-order chi connectivity index (χ0) is 15.3. The largest absolute Gasteiger partial charge is 0.477 e. The van der Waals surface area contributed by atoms with E-state index in [4.69, 9.17) is 10.8 Å². The van der Waals surface area contributed by atoms with Crippen LogP contribution in [0.3, 0.4) is 0 Å². The highest BCUT2D eigenvalue weighted by Crippen LogP contribution is 2.18. The first-order chi connectivity index (χ1) is 9.35. The first-order valence-electron chi connectivity index (χ1n) is 6.52. The number of nitrogens with zero attached hydrogens (tertiary/aromatic N) is 1. The predicted molar refractivity (Wildman–Crippen MR) is 77.7 cm³/mol. The first kappa shape index (κ1) is 16.6. The van der Waals surface area contributed by atoms with Crippen LogP contribution in [0.1, 0.15) is 40.6 Å². The highest BCUT2D eigenvalue weighted by molar-refractivity contribution is 7.13. The fourth-order valence-corrected chi connectivity index (χ4v) is 2.76. The SMILES string of the molecule is Cc1nc(CNC(=O)C(CN)CC(C)C)sc1C(=O)O. The minimum atomic E-state index is -0.989. The fraction of sp³-hybridized carbons (Fsp3) is 0.615. The molecule has 1 heterocycles. The summed E-state index contributed by atoms with van der Waals surface area (Å²) in [4.78, 5) is 27.2. The molecule has 6 nitrogen and oxygen atoms in total. The van der Waals surface area contributed by atoms with E-state index in [2.05, 4.69) is 10.3 Å². The topological polar surface area (TPSA) is 105 Å². The first-order valence-corrected chi connectivity index (χ1v) is 7.34. The standard InChI is InChI=1S/C13H21N3O3S/c1-7(2)4-9(5-14)12(17)15-6-10-16-8(3)11(20-10)13(18)19/h7,9H,4-6,14H2,1-3H3,(H,15,17)(H,18,19). The third-order valence-electron chi connectivity index (χ3n) is 2.86. The van der Waals surface area contributed by atoms with E-state index in [-0.39, 0.29) is 23.2 Å². The van der Waals surface area contributed by atoms with Crippen molar-refractivity contribution in [2.45, 2.75) is 33.7 Å². The Labute approximate surface area is 122 Å². The second-order valence-electron chi connectivity index (χ2n) is 5.11. The van der Waals surface area contributed by atoms with Crippen LogP contribution in [0.2, 0.25) is 0 Å². The number of carbonyl (C=O) groups excluding carboxylic acids is 1. The van der Waals surface area contributed by atoms with E-state index in [1.807, 2.05) is 13.8 Å². The van der Waals surface area contributed by atoms with Gasteiger partial charge in [-0.3, -0.25) is 4.79 Å². The Kier molecular flexibility index (Phi) is 6.09. The number of nitrogens with two attached hydrogens (primary N) is 1. The lowest BCUT2D eigenvalue weighted by Crippen LogP contribution is -2.35. The number of aryl methyl sites for hydroxylation is 1. The Hall–Kier alpha value is -1.47. The number of aromatic carboxylic acids is 1. The van der Waals surface area contributed by atoms with E-state index in [0.717, 1.165) is 17.8 Å². The van der Waals surface area contributed by atoms with Gasteiger partial charge in [0.25, 0.3) is 0 Å². The molecule has 1 aromatic heterocycles. The van der Waals surface area contributed by atoms with Crippen LogP contribution in [0.4, 0.5) is 0 Å². The van der Waals surface area contributed by atoms with Gasteiger partial charge in [-0.1, -0.05) is 13.8 Å². The van der Waals surface area contributed by atoms with Gasteiger partial charge < -0.3 is 16.2 Å². The molecule has 0 spiro atoms. The van der Waals surface area contributed by atoms with Crippen molar-refractivity contribution in [2.75, 3.05) is 6.54 Å². The van der Waals surface area contributed by atoms with Crippen molar-refractivity contribution in [3.05, 3.63) is 15.6 Å². The van der Waals surface area contributed by atoms with Crippen LogP contribution in [0.15, 0.2) is 0 Å². The van der Waals surface area contributed by atoms with E-state index in [1.165, 1.54) is 0 Å². The molecule has 1 rings (SSSR count). The summed E-state index contributed by atoms with van der Waals surface area (Å²) in [5.74, 6) is -0.909. The molecule has 0 aliphatic carbocycles. The molecule has 1 atom stereocenters. The lowest BCUT2D eigenvalue weighted by Gasteiger charge is -2.16. The third-order valence-corrected chi connectivity index (χ3v) is 4.01. The van der Waals surface area contributed by atoms with Crippen LogP contribution < -0.4 is 11.1 Å². The minimum absolute atomic E-state index is 0.106. The highest BCUT2D eigenvalue weighted by Gasteiger charge is 2.19. The lowest BCUT2D eigenvalue weighted by atomic mass is 9.96. The van der Waals surface area contributed by atoms with Crippen molar-refractivity contribution < 1.29 is 14.7 Å². The number of amides is 1. The maximum absolute atomic E-state index is 12.0. The highest BCUT2D eigenvalue weighted by atomic mass is 32.1. The summed E-state index contributed by atoms with van der Waals surface area (Å²) in [5, 5.41) is 12.3. The van der Waals surface area contributed by atoms with E-state index in [1.54, 1.807) is 6.92 Å². The van der Waals surface area contributed by atoms with Crippen molar-refractivity contribution in [1.29, 1.82) is 0 Å². The number of hydrogen-bond donors (Lipinski definition) is 3. The number of carboxylic acid groups (broad SMARTS) is 1. The van der Waals surface area contributed by atoms with Crippen molar-refractivity contribution in [1.82, 2.24) is 10.3 Å². The summed E-state index contributed by atoms with van der Waals surface area (Å²) in [6.45, 7) is 6.28. The van der Waals surface area contributed by atoms with Crippen LogP contribution in [0.5, 0.6) is 0 Å². The molecule has 1 unspecified atom stereocenters. The molecule has 4 N–H and O–H groups in total. The second-order valence-corrected chi connectivity index (χ2v) is 6.19. The molecule has 1 aromatic rings. The van der Waals surface area contributed by atoms with Gasteiger partial charge in [-0.15, -0.1) is 11.3 Å². The summed E-state index contributed by atoms with van der Waals surface area (Å²) in [5.41, 5.74) is 6.08. The van der Waals surface area contributed by atoms with E-state index in [9.17, 15) is 9.59 Å². The molecule has 0 saturated heterocycles. The molecular formula is C13H21N3O3S. The van der Waals surface area contributed by atoms with Gasteiger partial charge in [0.05, 0.1) is 18.2 Å². The Morgan fingerprint density at radius 1 is 1.45 bits per heavy atom. The number of thiazole rings is 1. The Bertz CT molecular complexity index is 485. The van der Waals surface area contributed by atoms with Gasteiger partial charge in [-0.2, -0.15) is 0 Å². The van der Waals surface area contributed by atoms with E-state index < -0.39 is 5.97 Å².